The highest BCUT2D eigenvalue weighted by Gasteiger charge is 2.25. The molecule has 144 valence electrons. The van der Waals surface area contributed by atoms with E-state index >= 15 is 0 Å². The fourth-order valence-corrected chi connectivity index (χ4v) is 3.12. The molecule has 1 aliphatic rings. The van der Waals surface area contributed by atoms with Gasteiger partial charge in [-0.15, -0.1) is 0 Å². The maximum atomic E-state index is 13.1. The van der Waals surface area contributed by atoms with E-state index in [2.05, 4.69) is 25.2 Å². The van der Waals surface area contributed by atoms with Crippen molar-refractivity contribution in [2.75, 3.05) is 26.2 Å². The maximum Gasteiger partial charge on any atom is 0.317 e. The first-order chi connectivity index (χ1) is 12.1. The van der Waals surface area contributed by atoms with Crippen LogP contribution in [-0.4, -0.2) is 53.5 Å². The lowest BCUT2D eigenvalue weighted by atomic mass is 9.97. The molecule has 0 unspecified atom stereocenters. The zero-order valence-corrected chi connectivity index (χ0v) is 17.1. The van der Waals surface area contributed by atoms with Gasteiger partial charge in [0.2, 0.25) is 0 Å². The highest BCUT2D eigenvalue weighted by molar-refractivity contribution is 5.96. The van der Waals surface area contributed by atoms with Crippen molar-refractivity contribution in [1.82, 2.24) is 15.1 Å². The molecule has 26 heavy (non-hydrogen) atoms. The fourth-order valence-electron chi connectivity index (χ4n) is 3.12. The largest absolute Gasteiger partial charge is 0.337 e. The first-order valence-electron chi connectivity index (χ1n) is 9.55. The summed E-state index contributed by atoms with van der Waals surface area (Å²) in [5, 5.41) is 3.00. The second-order valence-corrected chi connectivity index (χ2v) is 8.54. The van der Waals surface area contributed by atoms with Crippen molar-refractivity contribution >= 4 is 11.9 Å². The Balaban J connectivity index is 2.08. The van der Waals surface area contributed by atoms with E-state index in [9.17, 15) is 9.59 Å². The summed E-state index contributed by atoms with van der Waals surface area (Å²) in [5.74, 6) is 0.464. The first kappa shape index (κ1) is 20.3. The molecular formula is C21H33N3O2. The topological polar surface area (TPSA) is 52.7 Å². The van der Waals surface area contributed by atoms with Gasteiger partial charge < -0.3 is 15.1 Å². The van der Waals surface area contributed by atoms with Crippen molar-refractivity contribution in [3.05, 3.63) is 34.9 Å². The van der Waals surface area contributed by atoms with Crippen LogP contribution in [0.15, 0.2) is 18.2 Å². The third-order valence-electron chi connectivity index (χ3n) is 4.71. The summed E-state index contributed by atoms with van der Waals surface area (Å²) in [6, 6.07) is 6.10. The maximum absolute atomic E-state index is 13.1. The van der Waals surface area contributed by atoms with E-state index in [0.717, 1.165) is 17.5 Å². The fraction of sp³-hybridized carbons (Fsp3) is 0.619. The van der Waals surface area contributed by atoms with Crippen LogP contribution in [-0.2, 0) is 0 Å². The smallest absolute Gasteiger partial charge is 0.317 e. The molecule has 1 aromatic rings. The Kier molecular flexibility index (Phi) is 6.32. The number of hydrogen-bond donors (Lipinski definition) is 1. The number of carbonyl (C=O) groups is 2. The third-order valence-corrected chi connectivity index (χ3v) is 4.71. The summed E-state index contributed by atoms with van der Waals surface area (Å²) in [4.78, 5) is 29.2. The highest BCUT2D eigenvalue weighted by atomic mass is 16.2. The molecule has 0 bridgehead atoms. The van der Waals surface area contributed by atoms with Gasteiger partial charge in [-0.25, -0.2) is 4.79 Å². The second-order valence-electron chi connectivity index (χ2n) is 8.54. The summed E-state index contributed by atoms with van der Waals surface area (Å²) in [7, 11) is 0. The van der Waals surface area contributed by atoms with Crippen molar-refractivity contribution < 1.29 is 9.59 Å². The minimum Gasteiger partial charge on any atom is -0.337 e. The monoisotopic (exact) mass is 359 g/mol. The predicted octanol–water partition coefficient (Wildman–Crippen LogP) is 3.77. The minimum atomic E-state index is -0.257. The molecular weight excluding hydrogens is 326 g/mol. The van der Waals surface area contributed by atoms with Gasteiger partial charge in [-0.2, -0.15) is 0 Å². The van der Waals surface area contributed by atoms with Gasteiger partial charge in [-0.3, -0.25) is 4.79 Å². The normalized spacial score (nSPS) is 15.8. The molecule has 3 amide bonds. The number of nitrogens with one attached hydrogen (secondary N) is 1. The Hall–Kier alpha value is -2.04. The molecule has 5 heteroatoms. The Labute approximate surface area is 157 Å². The molecule has 5 nitrogen and oxygen atoms in total. The summed E-state index contributed by atoms with van der Waals surface area (Å²) < 4.78 is 0. The number of urea groups is 1. The molecule has 1 aliphatic heterocycles. The van der Waals surface area contributed by atoms with E-state index in [1.165, 1.54) is 5.56 Å². The zero-order valence-electron chi connectivity index (χ0n) is 17.1. The van der Waals surface area contributed by atoms with E-state index in [-0.39, 0.29) is 17.5 Å². The van der Waals surface area contributed by atoms with Crippen LogP contribution in [0.2, 0.25) is 0 Å². The molecule has 1 N–H and O–H groups in total. The van der Waals surface area contributed by atoms with Crippen LogP contribution in [0.3, 0.4) is 0 Å². The summed E-state index contributed by atoms with van der Waals surface area (Å²) in [6.45, 7) is 14.7. The number of amides is 3. The van der Waals surface area contributed by atoms with E-state index in [0.29, 0.717) is 32.1 Å². The molecule has 0 saturated carbocycles. The number of carbonyl (C=O) groups excluding carboxylic acids is 2. The number of hydrogen-bond acceptors (Lipinski definition) is 2. The average molecular weight is 360 g/mol. The van der Waals surface area contributed by atoms with Crippen molar-refractivity contribution in [3.8, 4) is 0 Å². The molecule has 2 rings (SSSR count). The van der Waals surface area contributed by atoms with Crippen LogP contribution in [0, 0.1) is 6.92 Å². The van der Waals surface area contributed by atoms with Gasteiger partial charge in [0.05, 0.1) is 0 Å². The Morgan fingerprint density at radius 3 is 2.27 bits per heavy atom. The molecule has 1 fully saturated rings. The quantitative estimate of drug-likeness (QED) is 0.874. The number of aryl methyl sites for hydroxylation is 1. The lowest BCUT2D eigenvalue weighted by Crippen LogP contribution is -2.49. The van der Waals surface area contributed by atoms with Gasteiger partial charge in [0, 0.05) is 37.3 Å². The predicted molar refractivity (Wildman–Crippen MR) is 106 cm³/mol. The highest BCUT2D eigenvalue weighted by Crippen LogP contribution is 2.20. The summed E-state index contributed by atoms with van der Waals surface area (Å²) in [6.07, 6.45) is 0.798. The van der Waals surface area contributed by atoms with E-state index in [1.54, 1.807) is 0 Å². The van der Waals surface area contributed by atoms with Gasteiger partial charge >= 0.3 is 6.03 Å². The van der Waals surface area contributed by atoms with E-state index in [4.69, 9.17) is 0 Å². The molecule has 1 heterocycles. The Morgan fingerprint density at radius 2 is 1.65 bits per heavy atom. The molecule has 0 aromatic heterocycles. The van der Waals surface area contributed by atoms with Crippen molar-refractivity contribution in [2.24, 2.45) is 0 Å². The second kappa shape index (κ2) is 8.11. The first-order valence-corrected chi connectivity index (χ1v) is 9.55. The van der Waals surface area contributed by atoms with E-state index < -0.39 is 0 Å². The van der Waals surface area contributed by atoms with E-state index in [1.807, 2.05) is 49.6 Å². The average Bonchev–Trinajstić information content (AvgIpc) is 2.79. The van der Waals surface area contributed by atoms with Crippen LogP contribution in [0.5, 0.6) is 0 Å². The summed E-state index contributed by atoms with van der Waals surface area (Å²) in [5.41, 5.74) is 2.71. The standard InChI is InChI=1S/C21H33N3O2/c1-15(2)17-9-8-16(3)18(14-17)19(25)23-10-7-11-24(13-12-23)20(26)22-21(4,5)6/h8-9,14-15H,7,10-13H2,1-6H3,(H,22,26). The minimum absolute atomic E-state index is 0.0511. The van der Waals surface area contributed by atoms with Gasteiger partial charge in [-0.1, -0.05) is 26.0 Å². The number of rotatable bonds is 2. The lowest BCUT2D eigenvalue weighted by Gasteiger charge is -2.27. The zero-order chi connectivity index (χ0) is 19.5. The van der Waals surface area contributed by atoms with Crippen LogP contribution in [0.1, 0.15) is 68.4 Å². The van der Waals surface area contributed by atoms with Crippen LogP contribution in [0.4, 0.5) is 4.79 Å². The molecule has 0 radical (unpaired) electrons. The van der Waals surface area contributed by atoms with Gasteiger partial charge in [0.15, 0.2) is 0 Å². The van der Waals surface area contributed by atoms with Gasteiger partial charge in [-0.05, 0) is 57.2 Å². The third kappa shape index (κ3) is 5.23. The van der Waals surface area contributed by atoms with Crippen molar-refractivity contribution in [3.63, 3.8) is 0 Å². The Bertz CT molecular complexity index is 662. The SMILES string of the molecule is Cc1ccc(C(C)C)cc1C(=O)N1CCCN(C(=O)NC(C)(C)C)CC1. The molecule has 0 spiro atoms. The van der Waals surface area contributed by atoms with Crippen molar-refractivity contribution in [1.29, 1.82) is 0 Å². The summed E-state index contributed by atoms with van der Waals surface area (Å²) >= 11 is 0. The number of benzene rings is 1. The van der Waals surface area contributed by atoms with Gasteiger partial charge in [0.25, 0.3) is 5.91 Å². The molecule has 1 aromatic carbocycles. The molecule has 0 atom stereocenters. The lowest BCUT2D eigenvalue weighted by molar-refractivity contribution is 0.0761. The van der Waals surface area contributed by atoms with Crippen molar-refractivity contribution in [2.45, 2.75) is 59.4 Å². The van der Waals surface area contributed by atoms with Crippen LogP contribution < -0.4 is 5.32 Å². The van der Waals surface area contributed by atoms with Crippen LogP contribution >= 0.6 is 0 Å². The molecule has 0 aliphatic carbocycles. The molecule has 1 saturated heterocycles. The number of nitrogens with zero attached hydrogens (tertiary/aromatic N) is 2. The Morgan fingerprint density at radius 1 is 1.04 bits per heavy atom. The van der Waals surface area contributed by atoms with Gasteiger partial charge in [0.1, 0.15) is 0 Å². The van der Waals surface area contributed by atoms with Crippen LogP contribution in [0.25, 0.3) is 0 Å².